The van der Waals surface area contributed by atoms with Gasteiger partial charge in [0.2, 0.25) is 21.8 Å². The van der Waals surface area contributed by atoms with Gasteiger partial charge in [0.25, 0.3) is 0 Å². The second kappa shape index (κ2) is 13.3. The van der Waals surface area contributed by atoms with E-state index in [4.69, 9.17) is 16.3 Å². The number of nitrogens with one attached hydrogen (secondary N) is 1. The number of carbonyl (C=O) groups excluding carboxylic acids is 2. The van der Waals surface area contributed by atoms with Crippen LogP contribution >= 0.6 is 11.6 Å². The third kappa shape index (κ3) is 8.43. The molecule has 0 aliphatic heterocycles. The van der Waals surface area contributed by atoms with Gasteiger partial charge in [-0.1, -0.05) is 44.0 Å². The molecule has 0 spiro atoms. The van der Waals surface area contributed by atoms with Gasteiger partial charge in [0.15, 0.2) is 0 Å². The minimum atomic E-state index is -3.79. The molecule has 10 heteroatoms. The molecule has 1 atom stereocenters. The van der Waals surface area contributed by atoms with E-state index in [1.165, 1.54) is 12.0 Å². The molecule has 0 heterocycles. The third-order valence-corrected chi connectivity index (χ3v) is 6.91. The highest BCUT2D eigenvalue weighted by molar-refractivity contribution is 7.92. The maximum Gasteiger partial charge on any atom is 0.244 e. The molecule has 0 radical (unpaired) electrons. The summed E-state index contributed by atoms with van der Waals surface area (Å²) in [5, 5.41) is 3.45. The van der Waals surface area contributed by atoms with Gasteiger partial charge < -0.3 is 15.0 Å². The fraction of sp³-hybridized carbons (Fsp3) is 0.440. The summed E-state index contributed by atoms with van der Waals surface area (Å²) in [6.07, 6.45) is 3.17. The Bertz CT molecular complexity index is 1080. The number of hydrogen-bond acceptors (Lipinski definition) is 5. The number of methoxy groups -OCH3 is 1. The lowest BCUT2D eigenvalue weighted by molar-refractivity contribution is -0.140. The Morgan fingerprint density at radius 1 is 1.06 bits per heavy atom. The third-order valence-electron chi connectivity index (χ3n) is 5.52. The number of halogens is 1. The summed E-state index contributed by atoms with van der Waals surface area (Å²) in [4.78, 5) is 28.0. The van der Waals surface area contributed by atoms with E-state index in [2.05, 4.69) is 5.32 Å². The van der Waals surface area contributed by atoms with Crippen LogP contribution in [0.4, 0.5) is 5.69 Å². The van der Waals surface area contributed by atoms with Crippen LogP contribution in [0.5, 0.6) is 5.75 Å². The molecule has 2 amide bonds. The Hall–Kier alpha value is -2.78. The Balaban J connectivity index is 2.38. The Morgan fingerprint density at radius 2 is 1.69 bits per heavy atom. The normalized spacial score (nSPS) is 12.0. The van der Waals surface area contributed by atoms with E-state index >= 15 is 0 Å². The van der Waals surface area contributed by atoms with Crippen molar-refractivity contribution < 1.29 is 22.7 Å². The maximum absolute atomic E-state index is 13.6. The number of anilines is 1. The van der Waals surface area contributed by atoms with Gasteiger partial charge in [-0.15, -0.1) is 0 Å². The van der Waals surface area contributed by atoms with Crippen LogP contribution < -0.4 is 14.4 Å². The molecular weight excluding hydrogens is 490 g/mol. The summed E-state index contributed by atoms with van der Waals surface area (Å²) >= 11 is 6.00. The van der Waals surface area contributed by atoms with Crippen LogP contribution in [0.15, 0.2) is 48.5 Å². The standard InChI is InChI=1S/C25H34ClN3O5S/c1-5-7-16-27-25(31)23(6-2)28(17-19-8-10-20(26)11-9-19)24(30)18-29(35(4,32)33)21-12-14-22(34-3)15-13-21/h8-15,23H,5-7,16-18H2,1-4H3,(H,27,31)/t23-/m0/s1. The number of sulfonamides is 1. The van der Waals surface area contributed by atoms with Crippen molar-refractivity contribution in [3.8, 4) is 5.75 Å². The van der Waals surface area contributed by atoms with Gasteiger partial charge in [0, 0.05) is 18.1 Å². The molecule has 0 fully saturated rings. The van der Waals surface area contributed by atoms with Crippen LogP contribution in [0.2, 0.25) is 5.02 Å². The molecule has 192 valence electrons. The molecule has 35 heavy (non-hydrogen) atoms. The zero-order valence-corrected chi connectivity index (χ0v) is 22.2. The van der Waals surface area contributed by atoms with Gasteiger partial charge in [-0.25, -0.2) is 8.42 Å². The summed E-state index contributed by atoms with van der Waals surface area (Å²) in [5.41, 5.74) is 1.10. The first-order valence-electron chi connectivity index (χ1n) is 11.5. The highest BCUT2D eigenvalue weighted by Gasteiger charge is 2.31. The lowest BCUT2D eigenvalue weighted by Crippen LogP contribution is -2.52. The quantitative estimate of drug-likeness (QED) is 0.402. The summed E-state index contributed by atoms with van der Waals surface area (Å²) in [6.45, 7) is 4.05. The number of hydrogen-bond donors (Lipinski definition) is 1. The molecule has 2 aromatic carbocycles. The minimum Gasteiger partial charge on any atom is -0.497 e. The minimum absolute atomic E-state index is 0.135. The van der Waals surface area contributed by atoms with Crippen molar-refractivity contribution >= 4 is 39.1 Å². The van der Waals surface area contributed by atoms with Crippen molar-refractivity contribution in [2.24, 2.45) is 0 Å². The van der Waals surface area contributed by atoms with Crippen molar-refractivity contribution in [1.29, 1.82) is 0 Å². The monoisotopic (exact) mass is 523 g/mol. The van der Waals surface area contributed by atoms with Crippen molar-refractivity contribution in [3.05, 3.63) is 59.1 Å². The smallest absolute Gasteiger partial charge is 0.244 e. The highest BCUT2D eigenvalue weighted by atomic mass is 35.5. The molecule has 8 nitrogen and oxygen atoms in total. The molecule has 0 aromatic heterocycles. The largest absolute Gasteiger partial charge is 0.497 e. The van der Waals surface area contributed by atoms with Gasteiger partial charge in [-0.2, -0.15) is 0 Å². The first kappa shape index (κ1) is 28.5. The Labute approximate surface area is 213 Å². The SMILES string of the molecule is CCCCNC(=O)[C@H](CC)N(Cc1ccc(Cl)cc1)C(=O)CN(c1ccc(OC)cc1)S(C)(=O)=O. The molecule has 0 aliphatic carbocycles. The van der Waals surface area contributed by atoms with Crippen LogP contribution in [-0.4, -0.2) is 57.6 Å². The number of rotatable bonds is 13. The summed E-state index contributed by atoms with van der Waals surface area (Å²) in [6, 6.07) is 12.6. The van der Waals surface area contributed by atoms with Crippen LogP contribution in [0, 0.1) is 0 Å². The van der Waals surface area contributed by atoms with E-state index in [1.807, 2.05) is 13.8 Å². The maximum atomic E-state index is 13.6. The first-order chi connectivity index (χ1) is 16.6. The Kier molecular flexibility index (Phi) is 10.9. The number of amides is 2. The predicted molar refractivity (Wildman–Crippen MR) is 139 cm³/mol. The first-order valence-corrected chi connectivity index (χ1v) is 13.8. The van der Waals surface area contributed by atoms with Crippen LogP contribution in [0.25, 0.3) is 0 Å². The van der Waals surface area contributed by atoms with Crippen molar-refractivity contribution in [3.63, 3.8) is 0 Å². The van der Waals surface area contributed by atoms with Crippen molar-refractivity contribution in [2.45, 2.75) is 45.7 Å². The molecule has 0 saturated carbocycles. The lowest BCUT2D eigenvalue weighted by Gasteiger charge is -2.33. The molecule has 2 rings (SSSR count). The molecular formula is C25H34ClN3O5S. The van der Waals surface area contributed by atoms with E-state index in [9.17, 15) is 18.0 Å². The second-order valence-electron chi connectivity index (χ2n) is 8.18. The number of benzene rings is 2. The summed E-state index contributed by atoms with van der Waals surface area (Å²) < 4.78 is 31.4. The number of nitrogens with zero attached hydrogens (tertiary/aromatic N) is 2. The molecule has 0 unspecified atom stereocenters. The number of unbranched alkanes of at least 4 members (excludes halogenated alkanes) is 1. The topological polar surface area (TPSA) is 96.0 Å². The zero-order valence-electron chi connectivity index (χ0n) is 20.7. The number of carbonyl (C=O) groups is 2. The van der Waals surface area contributed by atoms with E-state index in [0.717, 1.165) is 29.0 Å². The fourth-order valence-corrected chi connectivity index (χ4v) is 4.55. The van der Waals surface area contributed by atoms with E-state index < -0.39 is 28.5 Å². The highest BCUT2D eigenvalue weighted by Crippen LogP contribution is 2.23. The van der Waals surface area contributed by atoms with Gasteiger partial charge in [0.1, 0.15) is 18.3 Å². The van der Waals surface area contributed by atoms with Crippen LogP contribution in [-0.2, 0) is 26.2 Å². The molecule has 0 aliphatic rings. The van der Waals surface area contributed by atoms with Gasteiger partial charge >= 0.3 is 0 Å². The van der Waals surface area contributed by atoms with Crippen LogP contribution in [0.3, 0.4) is 0 Å². The second-order valence-corrected chi connectivity index (χ2v) is 10.5. The fourth-order valence-electron chi connectivity index (χ4n) is 3.57. The molecule has 2 aromatic rings. The Morgan fingerprint density at radius 3 is 2.20 bits per heavy atom. The molecule has 1 N–H and O–H groups in total. The van der Waals surface area contributed by atoms with E-state index in [1.54, 1.807) is 48.5 Å². The van der Waals surface area contributed by atoms with Gasteiger partial charge in [-0.3, -0.25) is 13.9 Å². The van der Waals surface area contributed by atoms with Gasteiger partial charge in [-0.05, 0) is 54.8 Å². The average Bonchev–Trinajstić information content (AvgIpc) is 2.83. The van der Waals surface area contributed by atoms with Crippen LogP contribution in [0.1, 0.15) is 38.7 Å². The predicted octanol–water partition coefficient (Wildman–Crippen LogP) is 3.84. The van der Waals surface area contributed by atoms with Gasteiger partial charge in [0.05, 0.1) is 19.1 Å². The van der Waals surface area contributed by atoms with E-state index in [-0.39, 0.29) is 12.5 Å². The average molecular weight is 524 g/mol. The molecule has 0 saturated heterocycles. The van der Waals surface area contributed by atoms with Crippen molar-refractivity contribution in [1.82, 2.24) is 10.2 Å². The summed E-state index contributed by atoms with van der Waals surface area (Å²) in [5.74, 6) is -0.190. The number of ether oxygens (including phenoxy) is 1. The molecule has 0 bridgehead atoms. The van der Waals surface area contributed by atoms with E-state index in [0.29, 0.717) is 29.4 Å². The van der Waals surface area contributed by atoms with Crippen molar-refractivity contribution in [2.75, 3.05) is 30.8 Å². The lowest BCUT2D eigenvalue weighted by atomic mass is 10.1. The zero-order chi connectivity index (χ0) is 26.0. The summed E-state index contributed by atoms with van der Waals surface area (Å²) in [7, 11) is -2.28.